The molecule has 1 amide bonds. The van der Waals surface area contributed by atoms with Crippen LogP contribution >= 0.6 is 0 Å². The van der Waals surface area contributed by atoms with Crippen molar-refractivity contribution in [3.8, 4) is 0 Å². The van der Waals surface area contributed by atoms with Crippen LogP contribution in [-0.2, 0) is 20.9 Å². The maximum atomic E-state index is 11.8. The third kappa shape index (κ3) is 5.81. The first-order chi connectivity index (χ1) is 9.55. The molecule has 0 saturated carbocycles. The molecule has 20 heavy (non-hydrogen) atoms. The molecule has 0 unspecified atom stereocenters. The van der Waals surface area contributed by atoms with E-state index in [1.54, 1.807) is 11.9 Å². The second kappa shape index (κ2) is 8.29. The number of likely N-dealkylation sites (N-methyl/N-ethyl adjacent to an activating group) is 1. The molecule has 0 atom stereocenters. The molecule has 6 heteroatoms. The van der Waals surface area contributed by atoms with E-state index >= 15 is 0 Å². The Labute approximate surface area is 118 Å². The van der Waals surface area contributed by atoms with E-state index in [1.165, 1.54) is 7.11 Å². The van der Waals surface area contributed by atoms with E-state index in [2.05, 4.69) is 10.1 Å². The topological polar surface area (TPSA) is 84.7 Å². The number of amides is 1. The molecule has 0 bridgehead atoms. The van der Waals surface area contributed by atoms with Gasteiger partial charge < -0.3 is 15.8 Å². The highest BCUT2D eigenvalue weighted by Crippen LogP contribution is 2.10. The lowest BCUT2D eigenvalue weighted by molar-refractivity contribution is -0.141. The van der Waals surface area contributed by atoms with Crippen molar-refractivity contribution in [1.29, 1.82) is 0 Å². The minimum absolute atomic E-state index is 0.101. The Hall–Kier alpha value is -1.92. The van der Waals surface area contributed by atoms with Crippen molar-refractivity contribution in [2.24, 2.45) is 5.73 Å². The molecule has 0 aliphatic carbocycles. The second-order valence-corrected chi connectivity index (χ2v) is 4.52. The molecule has 6 nitrogen and oxygen atoms in total. The van der Waals surface area contributed by atoms with Crippen LogP contribution in [0.15, 0.2) is 24.3 Å². The summed E-state index contributed by atoms with van der Waals surface area (Å²) in [5.41, 5.74) is 7.24. The van der Waals surface area contributed by atoms with Crippen LogP contribution in [0.5, 0.6) is 0 Å². The fraction of sp³-hybridized carbons (Fsp3) is 0.429. The van der Waals surface area contributed by atoms with Crippen LogP contribution in [0.2, 0.25) is 0 Å². The number of anilines is 1. The van der Waals surface area contributed by atoms with Gasteiger partial charge in [-0.1, -0.05) is 12.1 Å². The van der Waals surface area contributed by atoms with Gasteiger partial charge in [-0.25, -0.2) is 0 Å². The number of carbonyl (C=O) groups excluding carboxylic acids is 2. The number of ether oxygens (including phenoxy) is 1. The highest BCUT2D eigenvalue weighted by atomic mass is 16.5. The Morgan fingerprint density at radius 1 is 1.40 bits per heavy atom. The number of benzene rings is 1. The molecule has 0 fully saturated rings. The molecule has 1 rings (SSSR count). The lowest BCUT2D eigenvalue weighted by Gasteiger charge is -2.14. The predicted molar refractivity (Wildman–Crippen MR) is 77.1 cm³/mol. The average molecular weight is 279 g/mol. The summed E-state index contributed by atoms with van der Waals surface area (Å²) in [5.74, 6) is -0.417. The van der Waals surface area contributed by atoms with E-state index in [1.807, 2.05) is 24.3 Å². The molecule has 0 heterocycles. The van der Waals surface area contributed by atoms with Crippen molar-refractivity contribution >= 4 is 17.6 Å². The molecule has 0 radical (unpaired) electrons. The van der Waals surface area contributed by atoms with Crippen LogP contribution in [0.3, 0.4) is 0 Å². The number of methoxy groups -OCH3 is 1. The highest BCUT2D eigenvalue weighted by Gasteiger charge is 2.09. The van der Waals surface area contributed by atoms with Crippen molar-refractivity contribution in [1.82, 2.24) is 4.90 Å². The van der Waals surface area contributed by atoms with Crippen molar-refractivity contribution in [2.75, 3.05) is 32.6 Å². The van der Waals surface area contributed by atoms with Crippen molar-refractivity contribution in [3.05, 3.63) is 29.8 Å². The van der Waals surface area contributed by atoms with Gasteiger partial charge in [-0.05, 0) is 24.7 Å². The van der Waals surface area contributed by atoms with Crippen molar-refractivity contribution < 1.29 is 14.3 Å². The van der Waals surface area contributed by atoms with E-state index in [0.29, 0.717) is 19.5 Å². The quantitative estimate of drug-likeness (QED) is 0.713. The Morgan fingerprint density at radius 2 is 2.15 bits per heavy atom. The highest BCUT2D eigenvalue weighted by molar-refractivity contribution is 5.90. The van der Waals surface area contributed by atoms with E-state index in [-0.39, 0.29) is 18.4 Å². The average Bonchev–Trinajstić information content (AvgIpc) is 2.45. The van der Waals surface area contributed by atoms with Gasteiger partial charge in [0.05, 0.1) is 13.7 Å². The van der Waals surface area contributed by atoms with E-state index in [9.17, 15) is 9.59 Å². The van der Waals surface area contributed by atoms with E-state index < -0.39 is 0 Å². The van der Waals surface area contributed by atoms with Gasteiger partial charge in [-0.3, -0.25) is 14.5 Å². The lowest BCUT2D eigenvalue weighted by Crippen LogP contribution is -2.30. The molecule has 0 aliphatic rings. The Kier molecular flexibility index (Phi) is 6.69. The molecule has 0 aliphatic heterocycles. The summed E-state index contributed by atoms with van der Waals surface area (Å²) >= 11 is 0. The second-order valence-electron chi connectivity index (χ2n) is 4.52. The van der Waals surface area contributed by atoms with Gasteiger partial charge in [0, 0.05) is 25.2 Å². The van der Waals surface area contributed by atoms with Gasteiger partial charge in [0.25, 0.3) is 0 Å². The Bertz CT molecular complexity index is 463. The molecule has 0 spiro atoms. The SMILES string of the molecule is COC(=O)CN(C)CCC(=O)Nc1cccc(CN)c1. The van der Waals surface area contributed by atoms with Gasteiger partial charge >= 0.3 is 5.97 Å². The fourth-order valence-electron chi connectivity index (χ4n) is 1.66. The Balaban J connectivity index is 2.38. The normalized spacial score (nSPS) is 10.4. The van der Waals surface area contributed by atoms with Crippen molar-refractivity contribution in [2.45, 2.75) is 13.0 Å². The van der Waals surface area contributed by atoms with E-state index in [0.717, 1.165) is 11.3 Å². The third-order valence-electron chi connectivity index (χ3n) is 2.79. The van der Waals surface area contributed by atoms with Crippen LogP contribution in [0.25, 0.3) is 0 Å². The maximum absolute atomic E-state index is 11.8. The molecule has 3 N–H and O–H groups in total. The van der Waals surface area contributed by atoms with Crippen LogP contribution in [-0.4, -0.2) is 44.0 Å². The number of rotatable bonds is 7. The zero-order valence-electron chi connectivity index (χ0n) is 11.9. The molecule has 1 aromatic rings. The minimum Gasteiger partial charge on any atom is -0.468 e. The maximum Gasteiger partial charge on any atom is 0.319 e. The summed E-state index contributed by atoms with van der Waals surface area (Å²) in [4.78, 5) is 24.6. The number of nitrogens with two attached hydrogens (primary N) is 1. The number of nitrogens with zero attached hydrogens (tertiary/aromatic N) is 1. The third-order valence-corrected chi connectivity index (χ3v) is 2.79. The lowest BCUT2D eigenvalue weighted by atomic mass is 10.2. The van der Waals surface area contributed by atoms with Crippen LogP contribution in [0, 0.1) is 0 Å². The van der Waals surface area contributed by atoms with Gasteiger partial charge in [-0.15, -0.1) is 0 Å². The summed E-state index contributed by atoms with van der Waals surface area (Å²) in [5, 5.41) is 2.80. The number of hydrogen-bond acceptors (Lipinski definition) is 5. The number of hydrogen-bond donors (Lipinski definition) is 2. The molecule has 0 saturated heterocycles. The number of esters is 1. The first-order valence-electron chi connectivity index (χ1n) is 6.39. The van der Waals surface area contributed by atoms with Crippen LogP contribution < -0.4 is 11.1 Å². The van der Waals surface area contributed by atoms with Crippen LogP contribution in [0.1, 0.15) is 12.0 Å². The predicted octanol–water partition coefficient (Wildman–Crippen LogP) is 0.579. The Morgan fingerprint density at radius 3 is 2.80 bits per heavy atom. The van der Waals surface area contributed by atoms with Crippen molar-refractivity contribution in [3.63, 3.8) is 0 Å². The summed E-state index contributed by atoms with van der Waals surface area (Å²) in [7, 11) is 3.10. The molecular weight excluding hydrogens is 258 g/mol. The summed E-state index contributed by atoms with van der Waals surface area (Å²) < 4.78 is 4.56. The fourth-order valence-corrected chi connectivity index (χ4v) is 1.66. The zero-order valence-corrected chi connectivity index (χ0v) is 11.9. The molecule has 0 aromatic heterocycles. The molecular formula is C14H21N3O3. The molecule has 1 aromatic carbocycles. The minimum atomic E-state index is -0.316. The smallest absolute Gasteiger partial charge is 0.319 e. The summed E-state index contributed by atoms with van der Waals surface area (Å²) in [6, 6.07) is 7.41. The molecule has 110 valence electrons. The first kappa shape index (κ1) is 16.1. The van der Waals surface area contributed by atoms with Crippen LogP contribution in [0.4, 0.5) is 5.69 Å². The number of nitrogens with one attached hydrogen (secondary N) is 1. The summed E-state index contributed by atoms with van der Waals surface area (Å²) in [6.07, 6.45) is 0.306. The largest absolute Gasteiger partial charge is 0.468 e. The van der Waals surface area contributed by atoms with E-state index in [4.69, 9.17) is 5.73 Å². The summed E-state index contributed by atoms with van der Waals surface area (Å²) in [6.45, 7) is 1.09. The monoisotopic (exact) mass is 279 g/mol. The van der Waals surface area contributed by atoms with Gasteiger partial charge in [0.2, 0.25) is 5.91 Å². The van der Waals surface area contributed by atoms with Gasteiger partial charge in [0.15, 0.2) is 0 Å². The number of carbonyl (C=O) groups is 2. The standard InChI is InChI=1S/C14H21N3O3/c1-17(10-14(19)20-2)7-6-13(18)16-12-5-3-4-11(8-12)9-15/h3-5,8H,6-7,9-10,15H2,1-2H3,(H,16,18). The van der Waals surface area contributed by atoms with Gasteiger partial charge in [-0.2, -0.15) is 0 Å². The van der Waals surface area contributed by atoms with Gasteiger partial charge in [0.1, 0.15) is 0 Å². The zero-order chi connectivity index (χ0) is 15.0. The first-order valence-corrected chi connectivity index (χ1v) is 6.39.